The molecule has 0 aliphatic heterocycles. The maximum Gasteiger partial charge on any atom is 0.310 e. The Hall–Kier alpha value is -3.02. The molecule has 6 nitrogen and oxygen atoms in total. The van der Waals surface area contributed by atoms with Crippen LogP contribution in [0.2, 0.25) is 0 Å². The van der Waals surface area contributed by atoms with Crippen molar-refractivity contribution in [3.63, 3.8) is 0 Å². The van der Waals surface area contributed by atoms with Crippen LogP contribution in [0.3, 0.4) is 0 Å². The molecule has 2 aromatic carbocycles. The Morgan fingerprint density at radius 3 is 2.21 bits per heavy atom. The van der Waals surface area contributed by atoms with Gasteiger partial charge < -0.3 is 18.9 Å². The maximum atomic E-state index is 12.7. The van der Waals surface area contributed by atoms with Crippen molar-refractivity contribution in [2.24, 2.45) is 0 Å². The molecule has 0 fully saturated rings. The van der Waals surface area contributed by atoms with Crippen LogP contribution in [0.4, 0.5) is 0 Å². The lowest BCUT2D eigenvalue weighted by Gasteiger charge is -2.15. The van der Waals surface area contributed by atoms with Crippen molar-refractivity contribution in [2.45, 2.75) is 38.7 Å². The van der Waals surface area contributed by atoms with Crippen molar-refractivity contribution in [3.05, 3.63) is 52.6 Å². The Bertz CT molecular complexity index is 893. The summed E-state index contributed by atoms with van der Waals surface area (Å²) in [6, 6.07) is 9.12. The molecule has 6 heteroatoms. The van der Waals surface area contributed by atoms with Crippen LogP contribution in [0.15, 0.2) is 30.3 Å². The average Bonchev–Trinajstić information content (AvgIpc) is 3.19. The van der Waals surface area contributed by atoms with E-state index in [2.05, 4.69) is 0 Å². The molecule has 1 aliphatic carbocycles. The summed E-state index contributed by atoms with van der Waals surface area (Å²) in [5.41, 5.74) is 3.74. The molecule has 2 aromatic rings. The fourth-order valence-corrected chi connectivity index (χ4v) is 3.66. The molecule has 0 bridgehead atoms. The zero-order chi connectivity index (χ0) is 21.0. The van der Waals surface area contributed by atoms with Crippen LogP contribution < -0.4 is 14.2 Å². The second-order valence-electron chi connectivity index (χ2n) is 7.04. The normalized spacial score (nSPS) is 13.4. The van der Waals surface area contributed by atoms with Crippen LogP contribution >= 0.6 is 0 Å². The largest absolute Gasteiger partial charge is 0.493 e. The third-order valence-corrected chi connectivity index (χ3v) is 5.13. The Kier molecular flexibility index (Phi) is 6.42. The molecule has 0 unspecified atom stereocenters. The number of esters is 1. The topological polar surface area (TPSA) is 71.1 Å². The van der Waals surface area contributed by atoms with Crippen molar-refractivity contribution >= 4 is 11.8 Å². The Morgan fingerprint density at radius 1 is 0.931 bits per heavy atom. The third kappa shape index (κ3) is 4.53. The van der Waals surface area contributed by atoms with Crippen LogP contribution in [0.1, 0.15) is 40.4 Å². The quantitative estimate of drug-likeness (QED) is 0.500. The SMILES string of the molecule is COc1cc(CC(=O)O[C@@H](C)C(=O)c2ccc3c(c2)CCC3)cc(OC)c1OC. The number of carbonyl (C=O) groups excluding carboxylic acids is 2. The van der Waals surface area contributed by atoms with E-state index in [4.69, 9.17) is 18.9 Å². The summed E-state index contributed by atoms with van der Waals surface area (Å²) in [5, 5.41) is 0. The van der Waals surface area contributed by atoms with Gasteiger partial charge in [0.05, 0.1) is 27.8 Å². The molecule has 0 saturated carbocycles. The van der Waals surface area contributed by atoms with Gasteiger partial charge in [-0.05, 0) is 61.1 Å². The van der Waals surface area contributed by atoms with E-state index in [-0.39, 0.29) is 12.2 Å². The summed E-state index contributed by atoms with van der Waals surface area (Å²) in [6.07, 6.45) is 2.30. The highest BCUT2D eigenvalue weighted by atomic mass is 16.5. The molecule has 1 atom stereocenters. The molecule has 0 heterocycles. The van der Waals surface area contributed by atoms with Crippen LogP contribution in [-0.4, -0.2) is 39.2 Å². The van der Waals surface area contributed by atoms with Crippen molar-refractivity contribution in [2.75, 3.05) is 21.3 Å². The Labute approximate surface area is 170 Å². The van der Waals surface area contributed by atoms with Gasteiger partial charge in [-0.15, -0.1) is 0 Å². The van der Waals surface area contributed by atoms with Gasteiger partial charge in [0.1, 0.15) is 0 Å². The van der Waals surface area contributed by atoms with E-state index in [1.807, 2.05) is 18.2 Å². The van der Waals surface area contributed by atoms with Crippen LogP contribution in [0.25, 0.3) is 0 Å². The molecule has 29 heavy (non-hydrogen) atoms. The van der Waals surface area contributed by atoms with Gasteiger partial charge in [-0.3, -0.25) is 9.59 Å². The summed E-state index contributed by atoms with van der Waals surface area (Å²) in [7, 11) is 4.54. The van der Waals surface area contributed by atoms with Crippen molar-refractivity contribution in [1.82, 2.24) is 0 Å². The molecule has 0 N–H and O–H groups in total. The summed E-state index contributed by atoms with van der Waals surface area (Å²) >= 11 is 0. The van der Waals surface area contributed by atoms with Gasteiger partial charge in [0, 0.05) is 5.56 Å². The predicted octanol–water partition coefficient (Wildman–Crippen LogP) is 3.56. The van der Waals surface area contributed by atoms with Gasteiger partial charge in [0.15, 0.2) is 17.6 Å². The number of benzene rings is 2. The van der Waals surface area contributed by atoms with Gasteiger partial charge in [0.25, 0.3) is 0 Å². The number of ether oxygens (including phenoxy) is 4. The summed E-state index contributed by atoms with van der Waals surface area (Å²) in [6.45, 7) is 1.60. The number of Topliss-reactive ketones (excluding diaryl/α,β-unsaturated/α-hetero) is 1. The minimum atomic E-state index is -0.857. The second kappa shape index (κ2) is 8.99. The Morgan fingerprint density at radius 2 is 1.59 bits per heavy atom. The number of fused-ring (bicyclic) bond motifs is 1. The monoisotopic (exact) mass is 398 g/mol. The molecule has 3 rings (SSSR count). The lowest BCUT2D eigenvalue weighted by atomic mass is 10.0. The van der Waals surface area contributed by atoms with E-state index in [0.29, 0.717) is 28.4 Å². The molecule has 154 valence electrons. The molecular weight excluding hydrogens is 372 g/mol. The number of hydrogen-bond acceptors (Lipinski definition) is 6. The highest BCUT2D eigenvalue weighted by Crippen LogP contribution is 2.38. The highest BCUT2D eigenvalue weighted by molar-refractivity contribution is 6.00. The molecule has 0 amide bonds. The summed E-state index contributed by atoms with van der Waals surface area (Å²) in [5.74, 6) is 0.667. The van der Waals surface area contributed by atoms with E-state index in [0.717, 1.165) is 19.3 Å². The lowest BCUT2D eigenvalue weighted by Crippen LogP contribution is -2.25. The third-order valence-electron chi connectivity index (χ3n) is 5.13. The number of ketones is 1. The fraction of sp³-hybridized carbons (Fsp3) is 0.391. The van der Waals surface area contributed by atoms with Gasteiger partial charge in [-0.2, -0.15) is 0 Å². The van der Waals surface area contributed by atoms with Gasteiger partial charge in [0.2, 0.25) is 11.5 Å². The van der Waals surface area contributed by atoms with E-state index in [9.17, 15) is 9.59 Å². The first-order valence-corrected chi connectivity index (χ1v) is 9.61. The minimum Gasteiger partial charge on any atom is -0.493 e. The standard InChI is InChI=1S/C23H26O6/c1-14(22(25)18-9-8-16-6-5-7-17(16)13-18)29-21(24)12-15-10-19(26-2)23(28-4)20(11-15)27-3/h8-11,13-14H,5-7,12H2,1-4H3/t14-/m0/s1. The number of rotatable bonds is 8. The van der Waals surface area contributed by atoms with E-state index < -0.39 is 12.1 Å². The number of hydrogen-bond donors (Lipinski definition) is 0. The number of carbonyl (C=O) groups is 2. The van der Waals surface area contributed by atoms with Crippen molar-refractivity contribution in [3.8, 4) is 17.2 Å². The van der Waals surface area contributed by atoms with Crippen molar-refractivity contribution < 1.29 is 28.5 Å². The predicted molar refractivity (Wildman–Crippen MR) is 108 cm³/mol. The van der Waals surface area contributed by atoms with Crippen LogP contribution in [0, 0.1) is 0 Å². The minimum absolute atomic E-state index is 0.0154. The Balaban J connectivity index is 1.68. The zero-order valence-corrected chi connectivity index (χ0v) is 17.2. The van der Waals surface area contributed by atoms with Gasteiger partial charge in [-0.1, -0.05) is 12.1 Å². The van der Waals surface area contributed by atoms with Crippen LogP contribution in [-0.2, 0) is 28.8 Å². The van der Waals surface area contributed by atoms with Crippen LogP contribution in [0.5, 0.6) is 17.2 Å². The fourth-order valence-electron chi connectivity index (χ4n) is 3.66. The summed E-state index contributed by atoms with van der Waals surface area (Å²) < 4.78 is 21.3. The van der Waals surface area contributed by atoms with E-state index in [1.165, 1.54) is 32.5 Å². The van der Waals surface area contributed by atoms with Gasteiger partial charge in [-0.25, -0.2) is 0 Å². The maximum absolute atomic E-state index is 12.7. The molecule has 0 radical (unpaired) electrons. The number of methoxy groups -OCH3 is 3. The molecule has 0 aromatic heterocycles. The van der Waals surface area contributed by atoms with Crippen molar-refractivity contribution in [1.29, 1.82) is 0 Å². The zero-order valence-electron chi connectivity index (χ0n) is 17.2. The molecule has 0 saturated heterocycles. The molecule has 1 aliphatic rings. The first-order chi connectivity index (χ1) is 14.0. The van der Waals surface area contributed by atoms with Gasteiger partial charge >= 0.3 is 5.97 Å². The molecular formula is C23H26O6. The molecule has 0 spiro atoms. The smallest absolute Gasteiger partial charge is 0.310 e. The average molecular weight is 398 g/mol. The van der Waals surface area contributed by atoms with E-state index >= 15 is 0 Å². The second-order valence-corrected chi connectivity index (χ2v) is 7.04. The first kappa shape index (κ1) is 20.7. The summed E-state index contributed by atoms with van der Waals surface area (Å²) in [4.78, 5) is 25.1. The van der Waals surface area contributed by atoms with E-state index in [1.54, 1.807) is 19.1 Å². The number of aryl methyl sites for hydroxylation is 2. The lowest BCUT2D eigenvalue weighted by molar-refractivity contribution is -0.145. The first-order valence-electron chi connectivity index (χ1n) is 9.61. The highest BCUT2D eigenvalue weighted by Gasteiger charge is 2.22.